The minimum Gasteiger partial charge on any atom is -0.506 e. The summed E-state index contributed by atoms with van der Waals surface area (Å²) < 4.78 is 12.0. The van der Waals surface area contributed by atoms with Gasteiger partial charge in [0.25, 0.3) is 11.8 Å². The van der Waals surface area contributed by atoms with Gasteiger partial charge in [0.15, 0.2) is 6.61 Å². The molecule has 13 nitrogen and oxygen atoms in total. The van der Waals surface area contributed by atoms with Gasteiger partial charge in [0.2, 0.25) is 5.56 Å². The Morgan fingerprint density at radius 1 is 0.758 bits per heavy atom. The number of rotatable bonds is 17. The molecular weight excluding hydrogens is 835 g/mol. The van der Waals surface area contributed by atoms with Crippen LogP contribution in [0.3, 0.4) is 0 Å². The van der Waals surface area contributed by atoms with Gasteiger partial charge in [0.1, 0.15) is 17.4 Å². The third-order valence-corrected chi connectivity index (χ3v) is 12.7. The van der Waals surface area contributed by atoms with E-state index in [0.717, 1.165) is 49.2 Å². The Labute approximate surface area is 384 Å². The average Bonchev–Trinajstić information content (AvgIpc) is 3.34. The van der Waals surface area contributed by atoms with E-state index in [2.05, 4.69) is 44.8 Å². The molecule has 8 rings (SSSR count). The Morgan fingerprint density at radius 3 is 2.21 bits per heavy atom. The summed E-state index contributed by atoms with van der Waals surface area (Å²) in [5.41, 5.74) is 4.83. The first-order chi connectivity index (χ1) is 32.2. The van der Waals surface area contributed by atoms with E-state index in [-0.39, 0.29) is 53.8 Å². The molecule has 0 spiro atoms. The summed E-state index contributed by atoms with van der Waals surface area (Å²) in [4.78, 5) is 58.8. The maximum Gasteiger partial charge on any atom is 0.317 e. The van der Waals surface area contributed by atoms with Crippen LogP contribution in [0.25, 0.3) is 10.9 Å². The Kier molecular flexibility index (Phi) is 15.2. The van der Waals surface area contributed by atoms with Crippen molar-refractivity contribution in [3.63, 3.8) is 0 Å². The molecule has 2 aliphatic rings. The van der Waals surface area contributed by atoms with Crippen molar-refractivity contribution in [2.75, 3.05) is 45.9 Å². The number of phenolic OH excluding ortho intramolecular Hbond substituents is 1. The number of fused-ring (bicyclic) bond motifs is 1. The molecular formula is C53H57N5O8. The minimum absolute atomic E-state index is 0.0657. The number of nitrogens with one attached hydrogen (secondary N) is 3. The summed E-state index contributed by atoms with van der Waals surface area (Å²) in [6, 6.07) is 40.6. The number of aromatic hydroxyl groups is 1. The molecule has 5 N–H and O–H groups in total. The van der Waals surface area contributed by atoms with Crippen LogP contribution in [0.5, 0.6) is 11.5 Å². The zero-order chi connectivity index (χ0) is 45.8. The predicted molar refractivity (Wildman–Crippen MR) is 252 cm³/mol. The van der Waals surface area contributed by atoms with E-state index in [1.807, 2.05) is 66.7 Å². The second kappa shape index (κ2) is 21.9. The number of H-pyrrole nitrogens is 1. The van der Waals surface area contributed by atoms with Crippen LogP contribution < -0.4 is 20.9 Å². The van der Waals surface area contributed by atoms with Crippen LogP contribution in [0, 0.1) is 5.92 Å². The quantitative estimate of drug-likeness (QED) is 0.0642. The number of pyridine rings is 1. The molecule has 2 aliphatic heterocycles. The number of aliphatic hydroxyl groups excluding tert-OH is 1. The topological polar surface area (TPSA) is 174 Å². The largest absolute Gasteiger partial charge is 0.506 e. The van der Waals surface area contributed by atoms with E-state index in [9.17, 15) is 29.4 Å². The van der Waals surface area contributed by atoms with Gasteiger partial charge in [-0.15, -0.1) is 0 Å². The highest BCUT2D eigenvalue weighted by molar-refractivity contribution is 5.94. The number of aliphatic hydroxyl groups is 1. The van der Waals surface area contributed by atoms with Gasteiger partial charge in [0, 0.05) is 55.8 Å². The van der Waals surface area contributed by atoms with Crippen LogP contribution in [-0.2, 0) is 27.4 Å². The van der Waals surface area contributed by atoms with Crippen LogP contribution >= 0.6 is 0 Å². The molecule has 2 fully saturated rings. The van der Waals surface area contributed by atoms with Crippen molar-refractivity contribution >= 4 is 28.7 Å². The number of esters is 1. The van der Waals surface area contributed by atoms with Crippen LogP contribution in [0.1, 0.15) is 75.9 Å². The zero-order valence-corrected chi connectivity index (χ0v) is 36.9. The van der Waals surface area contributed by atoms with Crippen molar-refractivity contribution < 1.29 is 34.1 Å². The fourth-order valence-corrected chi connectivity index (χ4v) is 8.90. The van der Waals surface area contributed by atoms with Crippen molar-refractivity contribution in [1.82, 2.24) is 25.4 Å². The summed E-state index contributed by atoms with van der Waals surface area (Å²) >= 11 is 0. The summed E-state index contributed by atoms with van der Waals surface area (Å²) in [5.74, 6) is -0.560. The van der Waals surface area contributed by atoms with Gasteiger partial charge in [-0.2, -0.15) is 0 Å². The van der Waals surface area contributed by atoms with E-state index < -0.39 is 12.0 Å². The number of phenols is 1. The molecule has 3 heterocycles. The van der Waals surface area contributed by atoms with Gasteiger partial charge in [-0.1, -0.05) is 91.0 Å². The monoisotopic (exact) mass is 891 g/mol. The molecule has 342 valence electrons. The second-order valence-electron chi connectivity index (χ2n) is 17.3. The maximum atomic E-state index is 13.8. The van der Waals surface area contributed by atoms with Gasteiger partial charge in [0.05, 0.1) is 18.2 Å². The Bertz CT molecular complexity index is 2630. The van der Waals surface area contributed by atoms with Crippen LogP contribution in [0.2, 0.25) is 0 Å². The molecule has 0 bridgehead atoms. The first-order valence-electron chi connectivity index (χ1n) is 22.8. The number of carbonyl (C=O) groups excluding carboxylic acids is 3. The van der Waals surface area contributed by atoms with Gasteiger partial charge in [-0.3, -0.25) is 24.1 Å². The lowest BCUT2D eigenvalue weighted by Crippen LogP contribution is -2.47. The number of aromatic amines is 1. The van der Waals surface area contributed by atoms with Crippen molar-refractivity contribution in [2.45, 2.75) is 56.8 Å². The molecule has 66 heavy (non-hydrogen) atoms. The minimum atomic E-state index is -0.886. The molecule has 2 atom stereocenters. The first kappa shape index (κ1) is 45.8. The number of amides is 2. The fourth-order valence-electron chi connectivity index (χ4n) is 8.90. The fraction of sp³-hybridized carbons (Fsp3) is 0.321. The van der Waals surface area contributed by atoms with Crippen LogP contribution in [0.15, 0.2) is 138 Å². The Hall–Kier alpha value is -6.80. The van der Waals surface area contributed by atoms with E-state index in [0.29, 0.717) is 67.3 Å². The van der Waals surface area contributed by atoms with Crippen molar-refractivity contribution in [3.05, 3.63) is 177 Å². The predicted octanol–water partition coefficient (Wildman–Crippen LogP) is 6.44. The van der Waals surface area contributed by atoms with Gasteiger partial charge in [-0.25, -0.2) is 0 Å². The highest BCUT2D eigenvalue weighted by atomic mass is 16.5. The molecule has 5 aromatic carbocycles. The molecule has 2 amide bonds. The third-order valence-electron chi connectivity index (χ3n) is 12.7. The number of nitrogens with zero attached hydrogens (tertiary/aromatic N) is 2. The van der Waals surface area contributed by atoms with Crippen LogP contribution in [-0.4, -0.2) is 94.8 Å². The lowest BCUT2D eigenvalue weighted by Gasteiger charge is -2.32. The number of piperidine rings is 2. The number of hydrogen-bond donors (Lipinski definition) is 5. The lowest BCUT2D eigenvalue weighted by molar-refractivity contribution is -0.146. The molecule has 2 saturated heterocycles. The normalized spacial score (nSPS) is 15.8. The number of aromatic nitrogens is 1. The average molecular weight is 892 g/mol. The lowest BCUT2D eigenvalue weighted by atomic mass is 9.91. The van der Waals surface area contributed by atoms with Crippen molar-refractivity contribution in [1.29, 1.82) is 0 Å². The van der Waals surface area contributed by atoms with Gasteiger partial charge in [-0.05, 0) is 109 Å². The Balaban J connectivity index is 0.766. The number of benzene rings is 5. The van der Waals surface area contributed by atoms with Gasteiger partial charge < -0.3 is 40.2 Å². The molecule has 6 aromatic rings. The molecule has 1 unspecified atom stereocenters. The first-order valence-corrected chi connectivity index (χ1v) is 22.8. The highest BCUT2D eigenvalue weighted by Gasteiger charge is 2.28. The molecule has 1 aromatic heterocycles. The number of hydrogen-bond acceptors (Lipinski definition) is 10. The Morgan fingerprint density at radius 2 is 1.47 bits per heavy atom. The number of likely N-dealkylation sites (tertiary alicyclic amines) is 2. The van der Waals surface area contributed by atoms with Crippen molar-refractivity contribution in [2.24, 2.45) is 5.92 Å². The highest BCUT2D eigenvalue weighted by Crippen LogP contribution is 2.31. The van der Waals surface area contributed by atoms with E-state index in [4.69, 9.17) is 9.47 Å². The van der Waals surface area contributed by atoms with Crippen LogP contribution in [0.4, 0.5) is 0 Å². The van der Waals surface area contributed by atoms with E-state index in [1.165, 1.54) is 17.7 Å². The van der Waals surface area contributed by atoms with Gasteiger partial charge >= 0.3 is 5.97 Å². The summed E-state index contributed by atoms with van der Waals surface area (Å²) in [5, 5.41) is 27.9. The summed E-state index contributed by atoms with van der Waals surface area (Å²) in [6.07, 6.45) is 2.27. The molecule has 0 saturated carbocycles. The summed E-state index contributed by atoms with van der Waals surface area (Å²) in [7, 11) is 0. The maximum absolute atomic E-state index is 13.8. The molecule has 0 radical (unpaired) electrons. The summed E-state index contributed by atoms with van der Waals surface area (Å²) in [6.45, 7) is 4.73. The zero-order valence-electron chi connectivity index (χ0n) is 36.9. The molecule has 13 heteroatoms. The van der Waals surface area contributed by atoms with Crippen molar-refractivity contribution in [3.8, 4) is 11.5 Å². The third kappa shape index (κ3) is 11.9. The smallest absolute Gasteiger partial charge is 0.317 e. The SMILES string of the molecule is O=C(NC1CCN(C(=O)COc2cccc(C(C(=O)OCC3CCN(Cc4ccccc4)CC3)c3ccccc3)c2)CC1)c1ccc(CNC[C@H](O)c2ccc(O)c3[nH]c(=O)ccc23)cc1. The standard InChI is InChI=1S/C53H57N5O8/c59-46-20-18-44(45-19-21-48(61)56-51(45)46)47(60)32-54-31-36-14-16-40(17-15-36)52(63)55-42-24-28-58(29-25-42)49(62)35-65-43-13-7-12-41(30-43)50(39-10-5-2-6-11-39)53(64)66-34-38-22-26-57(27-23-38)33-37-8-3-1-4-9-37/h1-21,30,38,42,47,50,54,59-60H,22-29,31-35H2,(H,55,63)(H,56,61)/t47-,50?/m0/s1. The van der Waals surface area contributed by atoms with E-state index >= 15 is 0 Å². The second-order valence-corrected chi connectivity index (χ2v) is 17.3. The molecule has 0 aliphatic carbocycles. The van der Waals surface area contributed by atoms with E-state index in [1.54, 1.807) is 35.2 Å². The number of carbonyl (C=O) groups is 3. The number of ether oxygens (including phenoxy) is 2.